The zero-order chi connectivity index (χ0) is 20.1. The van der Waals surface area contributed by atoms with Gasteiger partial charge in [0.2, 0.25) is 0 Å². The maximum absolute atomic E-state index is 10.4. The number of carbonyl (C=O) groups excluding carboxylic acids is 1. The molecular formula is C24H31KN2O. The fourth-order valence-electron chi connectivity index (χ4n) is 2.36. The smallest absolute Gasteiger partial charge is 1.00 e. The Bertz CT molecular complexity index is 981. The van der Waals surface area contributed by atoms with E-state index in [4.69, 9.17) is 0 Å². The fourth-order valence-corrected chi connectivity index (χ4v) is 2.36. The minimum atomic E-state index is 0. The van der Waals surface area contributed by atoms with Gasteiger partial charge in [0.15, 0.2) is 0 Å². The minimum absolute atomic E-state index is 0. The summed E-state index contributed by atoms with van der Waals surface area (Å²) in [7, 11) is 0. The van der Waals surface area contributed by atoms with E-state index in [0.717, 1.165) is 22.7 Å². The van der Waals surface area contributed by atoms with Crippen molar-refractivity contribution >= 4 is 28.1 Å². The molecule has 2 aromatic heterocycles. The van der Waals surface area contributed by atoms with E-state index < -0.39 is 0 Å². The van der Waals surface area contributed by atoms with Crippen LogP contribution in [0.3, 0.4) is 0 Å². The molecule has 0 bridgehead atoms. The Morgan fingerprint density at radius 1 is 0.786 bits per heavy atom. The molecule has 2 heterocycles. The zero-order valence-corrected chi connectivity index (χ0v) is 20.9. The maximum atomic E-state index is 10.4. The average molecular weight is 403 g/mol. The second-order valence-corrected chi connectivity index (χ2v) is 5.27. The van der Waals surface area contributed by atoms with Crippen molar-refractivity contribution in [2.24, 2.45) is 0 Å². The number of nitrogens with zero attached hydrogens (tertiary/aromatic N) is 2. The molecule has 28 heavy (non-hydrogen) atoms. The van der Waals surface area contributed by atoms with Crippen LogP contribution in [0.4, 0.5) is 0 Å². The van der Waals surface area contributed by atoms with E-state index in [9.17, 15) is 4.79 Å². The summed E-state index contributed by atoms with van der Waals surface area (Å²) in [5, 5.41) is 2.22. The van der Waals surface area contributed by atoms with Gasteiger partial charge in [-0.05, 0) is 49.4 Å². The van der Waals surface area contributed by atoms with Gasteiger partial charge < -0.3 is 1.43 Å². The van der Waals surface area contributed by atoms with E-state index in [-0.39, 0.29) is 54.2 Å². The first-order valence-corrected chi connectivity index (χ1v) is 9.37. The molecule has 0 radical (unpaired) electrons. The van der Waals surface area contributed by atoms with Crippen molar-refractivity contribution < 1.29 is 59.0 Å². The van der Waals surface area contributed by atoms with Crippen molar-refractivity contribution in [3.8, 4) is 0 Å². The molecule has 144 valence electrons. The number of rotatable bonds is 1. The first-order chi connectivity index (χ1) is 13.3. The van der Waals surface area contributed by atoms with Crippen LogP contribution in [0, 0.1) is 6.92 Å². The monoisotopic (exact) mass is 402 g/mol. The van der Waals surface area contributed by atoms with Gasteiger partial charge in [0, 0.05) is 30.2 Å². The van der Waals surface area contributed by atoms with Crippen molar-refractivity contribution in [3.05, 3.63) is 84.2 Å². The van der Waals surface area contributed by atoms with Gasteiger partial charge in [-0.2, -0.15) is 0 Å². The number of benzene rings is 2. The van der Waals surface area contributed by atoms with E-state index in [2.05, 4.69) is 35.1 Å². The van der Waals surface area contributed by atoms with Crippen molar-refractivity contribution in [1.82, 2.24) is 9.97 Å². The zero-order valence-electron chi connectivity index (χ0n) is 18.8. The van der Waals surface area contributed by atoms with Crippen molar-refractivity contribution in [3.63, 3.8) is 0 Å². The van der Waals surface area contributed by atoms with E-state index in [1.807, 2.05) is 70.3 Å². The summed E-state index contributed by atoms with van der Waals surface area (Å²) in [6, 6.07) is 19.5. The number of aryl methyl sites for hydroxylation is 1. The summed E-state index contributed by atoms with van der Waals surface area (Å²) in [6.07, 6.45) is 4.40. The summed E-state index contributed by atoms with van der Waals surface area (Å²) in [5.41, 5.74) is 3.96. The van der Waals surface area contributed by atoms with Gasteiger partial charge in [-0.1, -0.05) is 51.5 Å². The van der Waals surface area contributed by atoms with Crippen LogP contribution in [0.1, 0.15) is 46.5 Å². The molecule has 4 rings (SSSR count). The first kappa shape index (κ1) is 26.6. The van der Waals surface area contributed by atoms with Crippen molar-refractivity contribution in [2.45, 2.75) is 34.6 Å². The molecule has 0 amide bonds. The molecule has 0 fully saturated rings. The third-order valence-corrected chi connectivity index (χ3v) is 3.52. The van der Waals surface area contributed by atoms with Crippen LogP contribution >= 0.6 is 0 Å². The predicted octanol–water partition coefficient (Wildman–Crippen LogP) is 4.01. The number of aromatic nitrogens is 2. The van der Waals surface area contributed by atoms with E-state index in [0.29, 0.717) is 5.56 Å². The summed E-state index contributed by atoms with van der Waals surface area (Å²) in [4.78, 5) is 18.8. The van der Waals surface area contributed by atoms with Gasteiger partial charge in [-0.15, -0.1) is 0 Å². The Morgan fingerprint density at radius 2 is 1.29 bits per heavy atom. The van der Waals surface area contributed by atoms with Gasteiger partial charge in [-0.3, -0.25) is 14.8 Å². The molecule has 0 N–H and O–H groups in total. The summed E-state index contributed by atoms with van der Waals surface area (Å²) in [5.74, 6) is 0. The number of hydrogen-bond donors (Lipinski definition) is 0. The second-order valence-electron chi connectivity index (χ2n) is 5.27. The van der Waals surface area contributed by atoms with E-state index in [1.54, 1.807) is 12.3 Å². The van der Waals surface area contributed by atoms with E-state index in [1.165, 1.54) is 10.9 Å². The van der Waals surface area contributed by atoms with Gasteiger partial charge >= 0.3 is 51.4 Å². The Balaban J connectivity index is -0.000000385. The van der Waals surface area contributed by atoms with Crippen molar-refractivity contribution in [1.29, 1.82) is 0 Å². The molecule has 0 atom stereocenters. The summed E-state index contributed by atoms with van der Waals surface area (Å²) < 4.78 is 0. The van der Waals surface area contributed by atoms with Crippen LogP contribution in [-0.2, 0) is 0 Å². The molecule has 0 saturated carbocycles. The first-order valence-electron chi connectivity index (χ1n) is 9.37. The van der Waals surface area contributed by atoms with Gasteiger partial charge in [0.25, 0.3) is 0 Å². The molecule has 0 aliphatic carbocycles. The fraction of sp³-hybridized carbons (Fsp3) is 0.208. The Kier molecular flexibility index (Phi) is 14.7. The third-order valence-electron chi connectivity index (χ3n) is 3.52. The van der Waals surface area contributed by atoms with Crippen molar-refractivity contribution in [2.75, 3.05) is 0 Å². The Hall–Kier alpha value is -1.43. The Morgan fingerprint density at radius 3 is 1.82 bits per heavy atom. The SMILES string of the molecule is CC.CC.Cc1ccc2ncccc2c1.O=Cc1ccc2ncccc2c1.[H-].[HH].[K+]. The number of hydrogen-bond acceptors (Lipinski definition) is 3. The molecule has 3 nitrogen and oxygen atoms in total. The number of pyridine rings is 2. The van der Waals surface area contributed by atoms with E-state index >= 15 is 0 Å². The molecule has 0 aliphatic rings. The van der Waals surface area contributed by atoms with Gasteiger partial charge in [-0.25, -0.2) is 0 Å². The molecule has 4 heteroatoms. The normalized spacial score (nSPS) is 8.75. The maximum Gasteiger partial charge on any atom is 1.00 e. The summed E-state index contributed by atoms with van der Waals surface area (Å²) in [6.45, 7) is 10.1. The predicted molar refractivity (Wildman–Crippen MR) is 120 cm³/mol. The van der Waals surface area contributed by atoms with Crippen LogP contribution in [0.2, 0.25) is 0 Å². The molecule has 2 aromatic carbocycles. The minimum Gasteiger partial charge on any atom is -1.00 e. The second kappa shape index (κ2) is 15.5. The standard InChI is InChI=1S/C10H7NO.C10H9N.2C2H6.K.H2.H/c12-7-8-3-4-10-9(6-8)2-1-5-11-10;1-8-4-5-10-9(7-8)3-2-6-11-10;2*1-2;;;/h1-7H;2-7H,1H3;2*1-2H3;;1H;/q;;;;+1;;-1. The molecule has 0 aliphatic heterocycles. The van der Waals surface area contributed by atoms with Gasteiger partial charge in [0.05, 0.1) is 11.0 Å². The molecule has 0 spiro atoms. The van der Waals surface area contributed by atoms with Gasteiger partial charge in [0.1, 0.15) is 6.29 Å². The number of aldehydes is 1. The number of carbonyl (C=O) groups is 1. The molecule has 0 unspecified atom stereocenters. The van der Waals surface area contributed by atoms with Crippen LogP contribution in [-0.4, -0.2) is 16.3 Å². The largest absolute Gasteiger partial charge is 1.00 e. The molecule has 0 saturated heterocycles. The molecule has 4 aromatic rings. The van der Waals surface area contributed by atoms with Crippen LogP contribution in [0.15, 0.2) is 73.1 Å². The quantitative estimate of drug-likeness (QED) is 0.357. The van der Waals surface area contributed by atoms with Crippen LogP contribution in [0.5, 0.6) is 0 Å². The van der Waals surface area contributed by atoms with Crippen LogP contribution in [0.25, 0.3) is 21.8 Å². The number of fused-ring (bicyclic) bond motifs is 2. The third kappa shape index (κ3) is 8.29. The van der Waals surface area contributed by atoms with Crippen LogP contribution < -0.4 is 51.4 Å². The topological polar surface area (TPSA) is 42.9 Å². The molecular weight excluding hydrogens is 371 g/mol. The average Bonchev–Trinajstić information content (AvgIpc) is 2.76. The Labute approximate surface area is 214 Å². The summed E-state index contributed by atoms with van der Waals surface area (Å²) >= 11 is 0.